The second-order valence-electron chi connectivity index (χ2n) is 6.16. The summed E-state index contributed by atoms with van der Waals surface area (Å²) >= 11 is 0. The molecular weight excluding hydrogens is 326 g/mol. The lowest BCUT2D eigenvalue weighted by molar-refractivity contribution is 0.308. The highest BCUT2D eigenvalue weighted by atomic mass is 16.3. The molecule has 0 unspecified atom stereocenters. The van der Waals surface area contributed by atoms with E-state index in [1.807, 2.05) is 12.1 Å². The molecule has 1 aromatic carbocycles. The van der Waals surface area contributed by atoms with E-state index in [0.29, 0.717) is 12.4 Å². The molecule has 0 fully saturated rings. The molecule has 0 aliphatic heterocycles. The first kappa shape index (κ1) is 20.0. The maximum atomic E-state index is 5.60. The van der Waals surface area contributed by atoms with E-state index >= 15 is 0 Å². The van der Waals surface area contributed by atoms with Gasteiger partial charge in [-0.25, -0.2) is 9.98 Å². The van der Waals surface area contributed by atoms with Crippen molar-refractivity contribution in [1.82, 2.24) is 20.5 Å². The van der Waals surface area contributed by atoms with Crippen LogP contribution in [0.3, 0.4) is 0 Å². The van der Waals surface area contributed by atoms with Gasteiger partial charge in [0.15, 0.2) is 5.96 Å². The molecule has 2 N–H and O–H groups in total. The van der Waals surface area contributed by atoms with Crippen molar-refractivity contribution in [2.24, 2.45) is 4.99 Å². The highest BCUT2D eigenvalue weighted by molar-refractivity contribution is 5.79. The van der Waals surface area contributed by atoms with Crippen molar-refractivity contribution in [2.75, 3.05) is 32.7 Å². The summed E-state index contributed by atoms with van der Waals surface area (Å²) in [5.41, 5.74) is 3.02. The number of likely N-dealkylation sites (N-methyl/N-ethyl adjacent to an activating group) is 1. The summed E-state index contributed by atoms with van der Waals surface area (Å²) in [4.78, 5) is 11.5. The fraction of sp³-hybridized carbons (Fsp3) is 0.500. The van der Waals surface area contributed by atoms with Gasteiger partial charge in [-0.3, -0.25) is 0 Å². The fourth-order valence-corrected chi connectivity index (χ4v) is 2.58. The van der Waals surface area contributed by atoms with Crippen molar-refractivity contribution in [2.45, 2.75) is 34.2 Å². The first-order valence-electron chi connectivity index (χ1n) is 9.42. The Morgan fingerprint density at radius 3 is 2.50 bits per heavy atom. The third kappa shape index (κ3) is 6.19. The van der Waals surface area contributed by atoms with Crippen LogP contribution in [0.1, 0.15) is 32.0 Å². The Balaban J connectivity index is 1.93. The summed E-state index contributed by atoms with van der Waals surface area (Å²) < 4.78 is 5.60. The molecule has 0 amide bonds. The van der Waals surface area contributed by atoms with Crippen LogP contribution >= 0.6 is 0 Å². The minimum absolute atomic E-state index is 0.482. The van der Waals surface area contributed by atoms with Crippen LogP contribution in [0.4, 0.5) is 0 Å². The van der Waals surface area contributed by atoms with Gasteiger partial charge in [-0.2, -0.15) is 0 Å². The van der Waals surface area contributed by atoms with E-state index in [0.717, 1.165) is 49.9 Å². The summed E-state index contributed by atoms with van der Waals surface area (Å²) in [5, 5.41) is 6.64. The minimum Gasteiger partial charge on any atom is -0.444 e. The molecule has 0 aliphatic carbocycles. The Bertz CT molecular complexity index is 674. The summed E-state index contributed by atoms with van der Waals surface area (Å²) in [6.45, 7) is 13.8. The van der Waals surface area contributed by atoms with Gasteiger partial charge in [0.1, 0.15) is 12.0 Å². The van der Waals surface area contributed by atoms with E-state index in [1.54, 1.807) is 6.26 Å². The lowest BCUT2D eigenvalue weighted by atomic mass is 10.1. The van der Waals surface area contributed by atoms with Gasteiger partial charge in [0.05, 0.1) is 6.54 Å². The maximum absolute atomic E-state index is 5.60. The Labute approximate surface area is 156 Å². The number of benzene rings is 1. The number of aromatic nitrogens is 1. The van der Waals surface area contributed by atoms with E-state index in [2.05, 4.69) is 65.3 Å². The summed E-state index contributed by atoms with van der Waals surface area (Å²) in [5.74, 6) is 1.44. The van der Waals surface area contributed by atoms with Gasteiger partial charge < -0.3 is 20.0 Å². The molecule has 6 heteroatoms. The van der Waals surface area contributed by atoms with E-state index in [1.165, 1.54) is 5.56 Å². The lowest BCUT2D eigenvalue weighted by Crippen LogP contribution is -2.41. The summed E-state index contributed by atoms with van der Waals surface area (Å²) in [6, 6.07) is 8.15. The van der Waals surface area contributed by atoms with Crippen molar-refractivity contribution in [3.8, 4) is 11.5 Å². The SMILES string of the molecule is CCNC(=NCc1coc(-c2ccc(C)cc2)n1)NCCN(CC)CC. The van der Waals surface area contributed by atoms with Gasteiger partial charge in [-0.05, 0) is 39.1 Å². The smallest absolute Gasteiger partial charge is 0.226 e. The molecular formula is C20H31N5O. The van der Waals surface area contributed by atoms with Crippen molar-refractivity contribution in [3.05, 3.63) is 41.8 Å². The third-order valence-corrected chi connectivity index (χ3v) is 4.21. The predicted octanol–water partition coefficient (Wildman–Crippen LogP) is 3.05. The zero-order chi connectivity index (χ0) is 18.8. The molecule has 26 heavy (non-hydrogen) atoms. The van der Waals surface area contributed by atoms with E-state index in [4.69, 9.17) is 4.42 Å². The van der Waals surface area contributed by atoms with Gasteiger partial charge >= 0.3 is 0 Å². The maximum Gasteiger partial charge on any atom is 0.226 e. The number of hydrogen-bond acceptors (Lipinski definition) is 4. The van der Waals surface area contributed by atoms with Crippen LogP contribution < -0.4 is 10.6 Å². The second kappa shape index (κ2) is 10.6. The van der Waals surface area contributed by atoms with Crippen molar-refractivity contribution >= 4 is 5.96 Å². The van der Waals surface area contributed by atoms with Crippen LogP contribution in [0.25, 0.3) is 11.5 Å². The van der Waals surface area contributed by atoms with Crippen LogP contribution in [0, 0.1) is 6.92 Å². The molecule has 2 rings (SSSR count). The largest absolute Gasteiger partial charge is 0.444 e. The topological polar surface area (TPSA) is 65.7 Å². The number of hydrogen-bond donors (Lipinski definition) is 2. The van der Waals surface area contributed by atoms with Crippen LogP contribution in [0.2, 0.25) is 0 Å². The van der Waals surface area contributed by atoms with Crippen molar-refractivity contribution in [1.29, 1.82) is 0 Å². The second-order valence-corrected chi connectivity index (χ2v) is 6.16. The van der Waals surface area contributed by atoms with Crippen LogP contribution in [0.15, 0.2) is 39.9 Å². The number of oxazole rings is 1. The molecule has 2 aromatic rings. The number of rotatable bonds is 9. The highest BCUT2D eigenvalue weighted by Gasteiger charge is 2.07. The molecule has 0 aliphatic rings. The summed E-state index contributed by atoms with van der Waals surface area (Å²) in [7, 11) is 0. The molecule has 0 radical (unpaired) electrons. The highest BCUT2D eigenvalue weighted by Crippen LogP contribution is 2.19. The number of guanidine groups is 1. The first-order chi connectivity index (χ1) is 12.7. The van der Waals surface area contributed by atoms with E-state index < -0.39 is 0 Å². The molecule has 0 saturated heterocycles. The molecule has 0 saturated carbocycles. The van der Waals surface area contributed by atoms with Gasteiger partial charge in [0.25, 0.3) is 0 Å². The van der Waals surface area contributed by atoms with Crippen LogP contribution in [-0.4, -0.2) is 48.6 Å². The van der Waals surface area contributed by atoms with E-state index in [-0.39, 0.29) is 0 Å². The van der Waals surface area contributed by atoms with Gasteiger partial charge in [0.2, 0.25) is 5.89 Å². The van der Waals surface area contributed by atoms with Crippen LogP contribution in [0.5, 0.6) is 0 Å². The van der Waals surface area contributed by atoms with Crippen molar-refractivity contribution < 1.29 is 4.42 Å². The lowest BCUT2D eigenvalue weighted by Gasteiger charge is -2.19. The Hall–Kier alpha value is -2.34. The standard InChI is InChI=1S/C20H31N5O/c1-5-21-20(22-12-13-25(6-2)7-3)23-14-18-15-26-19(24-18)17-10-8-16(4)9-11-17/h8-11,15H,5-7,12-14H2,1-4H3,(H2,21,22,23). The molecule has 142 valence electrons. The van der Waals surface area contributed by atoms with Crippen molar-refractivity contribution in [3.63, 3.8) is 0 Å². The van der Waals surface area contributed by atoms with Gasteiger partial charge in [-0.15, -0.1) is 0 Å². The van der Waals surface area contributed by atoms with Gasteiger partial charge in [-0.1, -0.05) is 31.5 Å². The third-order valence-electron chi connectivity index (χ3n) is 4.21. The normalized spacial score (nSPS) is 11.8. The average molecular weight is 358 g/mol. The molecule has 0 bridgehead atoms. The average Bonchev–Trinajstić information content (AvgIpc) is 3.13. The molecule has 1 aromatic heterocycles. The quantitative estimate of drug-likeness (QED) is 0.533. The van der Waals surface area contributed by atoms with E-state index in [9.17, 15) is 0 Å². The predicted molar refractivity (Wildman–Crippen MR) is 107 cm³/mol. The minimum atomic E-state index is 0.482. The molecule has 0 atom stereocenters. The zero-order valence-corrected chi connectivity index (χ0v) is 16.4. The number of aliphatic imine (C=N–C) groups is 1. The van der Waals surface area contributed by atoms with Gasteiger partial charge in [0, 0.05) is 25.2 Å². The van der Waals surface area contributed by atoms with Crippen LogP contribution in [-0.2, 0) is 6.54 Å². The first-order valence-corrected chi connectivity index (χ1v) is 9.42. The molecule has 6 nitrogen and oxygen atoms in total. The Morgan fingerprint density at radius 2 is 1.85 bits per heavy atom. The number of aryl methyl sites for hydroxylation is 1. The molecule has 1 heterocycles. The molecule has 0 spiro atoms. The Kier molecular flexibility index (Phi) is 8.15. The number of nitrogens with zero attached hydrogens (tertiary/aromatic N) is 3. The zero-order valence-electron chi connectivity index (χ0n) is 16.4. The number of nitrogens with one attached hydrogen (secondary N) is 2. The Morgan fingerprint density at radius 1 is 1.12 bits per heavy atom. The monoisotopic (exact) mass is 357 g/mol. The summed E-state index contributed by atoms with van der Waals surface area (Å²) in [6.07, 6.45) is 1.68. The fourth-order valence-electron chi connectivity index (χ4n) is 2.58.